The highest BCUT2D eigenvalue weighted by Crippen LogP contribution is 2.30. The van der Waals surface area contributed by atoms with Gasteiger partial charge in [-0.2, -0.15) is 4.98 Å². The summed E-state index contributed by atoms with van der Waals surface area (Å²) in [5, 5.41) is 8.37. The second kappa shape index (κ2) is 8.35. The van der Waals surface area contributed by atoms with E-state index in [4.69, 9.17) is 9.15 Å². The molecule has 156 valence electrons. The van der Waals surface area contributed by atoms with Crippen LogP contribution in [-0.4, -0.2) is 47.2 Å². The topological polar surface area (TPSA) is 95.5 Å². The largest absolute Gasteiger partial charge is 0.496 e. The summed E-state index contributed by atoms with van der Waals surface area (Å²) in [7, 11) is 5.05. The van der Waals surface area contributed by atoms with E-state index >= 15 is 0 Å². The van der Waals surface area contributed by atoms with E-state index in [1.807, 2.05) is 43.3 Å². The van der Waals surface area contributed by atoms with E-state index in [2.05, 4.69) is 20.2 Å². The van der Waals surface area contributed by atoms with E-state index in [0.717, 1.165) is 17.0 Å². The number of methoxy groups -OCH3 is 1. The van der Waals surface area contributed by atoms with E-state index in [9.17, 15) is 4.79 Å². The number of amides is 1. The van der Waals surface area contributed by atoms with Crippen LogP contribution >= 0.6 is 0 Å². The van der Waals surface area contributed by atoms with Gasteiger partial charge in [-0.15, -0.1) is 10.2 Å². The SMILES string of the molecule is COc1ccccc1-c1nnc(-c2[nH+]c(-c3ccc(C(=O)N(C)C)cc3)cnc2C)o1. The Labute approximate surface area is 179 Å². The van der Waals surface area contributed by atoms with Gasteiger partial charge in [-0.1, -0.05) is 12.1 Å². The number of carbonyl (C=O) groups excluding carboxylic acids is 1. The van der Waals surface area contributed by atoms with E-state index in [-0.39, 0.29) is 5.91 Å². The van der Waals surface area contributed by atoms with Crippen LogP contribution < -0.4 is 9.72 Å². The van der Waals surface area contributed by atoms with E-state index in [1.54, 1.807) is 44.4 Å². The zero-order chi connectivity index (χ0) is 22.0. The summed E-state index contributed by atoms with van der Waals surface area (Å²) >= 11 is 0. The van der Waals surface area contributed by atoms with Crippen molar-refractivity contribution < 1.29 is 18.9 Å². The minimum atomic E-state index is -0.0482. The molecular weight excluding hydrogens is 394 g/mol. The first-order valence-corrected chi connectivity index (χ1v) is 9.66. The zero-order valence-corrected chi connectivity index (χ0v) is 17.7. The summed E-state index contributed by atoms with van der Waals surface area (Å²) in [5.41, 5.74) is 4.33. The van der Waals surface area contributed by atoms with Crippen LogP contribution in [0.15, 0.2) is 59.1 Å². The number of nitrogens with zero attached hydrogens (tertiary/aromatic N) is 4. The van der Waals surface area contributed by atoms with Crippen LogP contribution in [0.5, 0.6) is 5.75 Å². The Kier molecular flexibility index (Phi) is 5.44. The molecule has 4 aromatic rings. The molecule has 0 fully saturated rings. The zero-order valence-electron chi connectivity index (χ0n) is 17.7. The summed E-state index contributed by atoms with van der Waals surface area (Å²) in [5.74, 6) is 1.29. The van der Waals surface area contributed by atoms with Gasteiger partial charge in [0.25, 0.3) is 17.5 Å². The van der Waals surface area contributed by atoms with E-state index < -0.39 is 0 Å². The monoisotopic (exact) mass is 416 g/mol. The molecule has 0 saturated carbocycles. The predicted octanol–water partition coefficient (Wildman–Crippen LogP) is 3.30. The first kappa shape index (κ1) is 20.2. The number of nitrogens with one attached hydrogen (secondary N) is 1. The van der Waals surface area contributed by atoms with Crippen molar-refractivity contribution in [2.24, 2.45) is 0 Å². The second-order valence-corrected chi connectivity index (χ2v) is 7.15. The van der Waals surface area contributed by atoms with Crippen LogP contribution in [0.2, 0.25) is 0 Å². The molecule has 0 aliphatic rings. The van der Waals surface area contributed by atoms with Crippen molar-refractivity contribution in [2.45, 2.75) is 6.92 Å². The van der Waals surface area contributed by atoms with Crippen molar-refractivity contribution in [3.05, 3.63) is 66.0 Å². The molecule has 0 bridgehead atoms. The third kappa shape index (κ3) is 4.00. The highest BCUT2D eigenvalue weighted by molar-refractivity contribution is 5.94. The predicted molar refractivity (Wildman–Crippen MR) is 114 cm³/mol. The van der Waals surface area contributed by atoms with Gasteiger partial charge < -0.3 is 14.1 Å². The molecule has 0 radical (unpaired) electrons. The number of aromatic amines is 1. The second-order valence-electron chi connectivity index (χ2n) is 7.15. The van der Waals surface area contributed by atoms with Gasteiger partial charge in [0.2, 0.25) is 5.69 Å². The minimum absolute atomic E-state index is 0.0482. The molecule has 0 unspecified atom stereocenters. The van der Waals surface area contributed by atoms with E-state index in [0.29, 0.717) is 34.4 Å². The van der Waals surface area contributed by atoms with Crippen LogP contribution in [0.1, 0.15) is 16.1 Å². The Morgan fingerprint density at radius 3 is 2.45 bits per heavy atom. The fourth-order valence-corrected chi connectivity index (χ4v) is 3.14. The number of aryl methyl sites for hydroxylation is 1. The molecule has 1 N–H and O–H groups in total. The molecule has 4 rings (SSSR count). The summed E-state index contributed by atoms with van der Waals surface area (Å²) in [6, 6.07) is 14.8. The third-order valence-electron chi connectivity index (χ3n) is 4.83. The molecule has 1 amide bonds. The third-order valence-corrected chi connectivity index (χ3v) is 4.83. The van der Waals surface area contributed by atoms with Crippen LogP contribution in [-0.2, 0) is 0 Å². The van der Waals surface area contributed by atoms with Crippen LogP contribution in [0, 0.1) is 6.92 Å². The fraction of sp³-hybridized carbons (Fsp3) is 0.174. The molecule has 31 heavy (non-hydrogen) atoms. The summed E-state index contributed by atoms with van der Waals surface area (Å²) in [6.07, 6.45) is 1.74. The maximum absolute atomic E-state index is 12.1. The molecule has 2 aromatic carbocycles. The number of hydrogen-bond donors (Lipinski definition) is 0. The molecule has 0 saturated heterocycles. The molecule has 0 atom stereocenters. The Morgan fingerprint density at radius 2 is 1.74 bits per heavy atom. The lowest BCUT2D eigenvalue weighted by atomic mass is 10.1. The van der Waals surface area contributed by atoms with Crippen LogP contribution in [0.4, 0.5) is 0 Å². The first-order valence-electron chi connectivity index (χ1n) is 9.66. The van der Waals surface area contributed by atoms with Gasteiger partial charge in [-0.25, -0.2) is 4.98 Å². The van der Waals surface area contributed by atoms with Crippen molar-refractivity contribution in [1.29, 1.82) is 0 Å². The van der Waals surface area contributed by atoms with Gasteiger partial charge in [-0.05, 0) is 43.3 Å². The Bertz CT molecular complexity index is 1230. The highest BCUT2D eigenvalue weighted by Gasteiger charge is 2.23. The van der Waals surface area contributed by atoms with Crippen LogP contribution in [0.25, 0.3) is 34.3 Å². The molecule has 0 spiro atoms. The highest BCUT2D eigenvalue weighted by atomic mass is 16.5. The maximum atomic E-state index is 12.1. The lowest BCUT2D eigenvalue weighted by Gasteiger charge is -2.09. The normalized spacial score (nSPS) is 10.7. The van der Waals surface area contributed by atoms with Crippen molar-refractivity contribution in [3.63, 3.8) is 0 Å². The molecule has 2 heterocycles. The molecular formula is C23H22N5O3+. The van der Waals surface area contributed by atoms with Gasteiger partial charge in [-0.3, -0.25) is 4.79 Å². The molecule has 0 aliphatic carbocycles. The lowest BCUT2D eigenvalue weighted by Crippen LogP contribution is -2.21. The average Bonchev–Trinajstić information content (AvgIpc) is 3.29. The fourth-order valence-electron chi connectivity index (χ4n) is 3.14. The standard InChI is InChI=1S/C23H21N5O3/c1-14-20(22-27-26-21(31-22)17-7-5-6-8-19(17)30-4)25-18(13-24-14)15-9-11-16(12-10-15)23(29)28(2)3/h5-13H,1-4H3/p+1. The van der Waals surface area contributed by atoms with Gasteiger partial charge in [0.05, 0.1) is 18.9 Å². The Hall–Kier alpha value is -4.07. The van der Waals surface area contributed by atoms with Crippen LogP contribution in [0.3, 0.4) is 0 Å². The van der Waals surface area contributed by atoms with Crippen molar-refractivity contribution in [2.75, 3.05) is 21.2 Å². The molecule has 2 aromatic heterocycles. The van der Waals surface area contributed by atoms with E-state index in [1.165, 1.54) is 0 Å². The summed E-state index contributed by atoms with van der Waals surface area (Å²) in [6.45, 7) is 1.86. The summed E-state index contributed by atoms with van der Waals surface area (Å²) in [4.78, 5) is 21.5. The van der Waals surface area contributed by atoms with Gasteiger partial charge in [0.1, 0.15) is 11.4 Å². The maximum Gasteiger partial charge on any atom is 0.315 e. The smallest absolute Gasteiger partial charge is 0.315 e. The molecule has 8 heteroatoms. The number of rotatable bonds is 5. The van der Waals surface area contributed by atoms with Crippen molar-refractivity contribution >= 4 is 5.91 Å². The van der Waals surface area contributed by atoms with Crippen molar-refractivity contribution in [1.82, 2.24) is 20.1 Å². The minimum Gasteiger partial charge on any atom is -0.496 e. The summed E-state index contributed by atoms with van der Waals surface area (Å²) < 4.78 is 11.3. The van der Waals surface area contributed by atoms with Crippen molar-refractivity contribution in [3.8, 4) is 40.0 Å². The number of benzene rings is 2. The molecule has 8 nitrogen and oxygen atoms in total. The Morgan fingerprint density at radius 1 is 1.03 bits per heavy atom. The number of carbonyl (C=O) groups is 1. The number of aromatic nitrogens is 4. The van der Waals surface area contributed by atoms with Gasteiger partial charge in [0.15, 0.2) is 0 Å². The first-order chi connectivity index (χ1) is 15.0. The van der Waals surface area contributed by atoms with Gasteiger partial charge in [0, 0.05) is 25.2 Å². The molecule has 0 aliphatic heterocycles. The van der Waals surface area contributed by atoms with Gasteiger partial charge >= 0.3 is 5.89 Å². The number of ether oxygens (including phenoxy) is 1. The number of para-hydroxylation sites is 1. The average molecular weight is 416 g/mol. The number of hydrogen-bond acceptors (Lipinski definition) is 6. The quantitative estimate of drug-likeness (QED) is 0.495. The Balaban J connectivity index is 1.68. The lowest BCUT2D eigenvalue weighted by molar-refractivity contribution is -0.354. The number of H-pyrrole nitrogens is 1.